The van der Waals surface area contributed by atoms with E-state index in [0.717, 1.165) is 12.4 Å². The van der Waals surface area contributed by atoms with E-state index in [1.807, 2.05) is 18.4 Å². The van der Waals surface area contributed by atoms with Crippen LogP contribution in [0.4, 0.5) is 0 Å². The van der Waals surface area contributed by atoms with Gasteiger partial charge in [-0.1, -0.05) is 0 Å². The fraction of sp³-hybridized carbons (Fsp3) is 0.500. The first-order valence-corrected chi connectivity index (χ1v) is 3.81. The van der Waals surface area contributed by atoms with Gasteiger partial charge in [0.25, 0.3) is 0 Å². The minimum Gasteiger partial charge on any atom is -0.464 e. The molecule has 0 bridgehead atoms. The van der Waals surface area contributed by atoms with E-state index in [-0.39, 0.29) is 5.97 Å². The third-order valence-electron chi connectivity index (χ3n) is 1.71. The molecule has 1 rings (SSSR count). The Bertz CT molecular complexity index is 291. The molecule has 1 aromatic heterocycles. The summed E-state index contributed by atoms with van der Waals surface area (Å²) in [4.78, 5) is 15.0. The number of carbonyl (C=O) groups is 1. The number of esters is 1. The molecule has 66 valence electrons. The topological polar surface area (TPSA) is 44.1 Å². The predicted molar refractivity (Wildman–Crippen MR) is 44.0 cm³/mol. The van der Waals surface area contributed by atoms with E-state index in [1.54, 1.807) is 6.20 Å². The molecule has 1 heterocycles. The number of hydrogen-bond acceptors (Lipinski definition) is 3. The molecule has 0 aliphatic rings. The lowest BCUT2D eigenvalue weighted by Crippen LogP contribution is -2.01. The van der Waals surface area contributed by atoms with Gasteiger partial charge in [0.2, 0.25) is 0 Å². The van der Waals surface area contributed by atoms with E-state index >= 15 is 0 Å². The van der Waals surface area contributed by atoms with Crippen LogP contribution in [0.15, 0.2) is 6.20 Å². The van der Waals surface area contributed by atoms with Crippen LogP contribution in [-0.4, -0.2) is 22.6 Å². The Morgan fingerprint density at radius 3 is 2.83 bits per heavy atom. The molecule has 12 heavy (non-hydrogen) atoms. The van der Waals surface area contributed by atoms with Crippen molar-refractivity contribution in [2.75, 3.05) is 7.11 Å². The largest absolute Gasteiger partial charge is 0.464 e. The molecule has 4 nitrogen and oxygen atoms in total. The molecule has 0 spiro atoms. The van der Waals surface area contributed by atoms with Crippen LogP contribution in [0.5, 0.6) is 0 Å². The molecule has 0 atom stereocenters. The van der Waals surface area contributed by atoms with Crippen molar-refractivity contribution in [3.05, 3.63) is 17.7 Å². The van der Waals surface area contributed by atoms with E-state index < -0.39 is 0 Å². The molecule has 0 N–H and O–H groups in total. The van der Waals surface area contributed by atoms with Gasteiger partial charge in [0.1, 0.15) is 5.82 Å². The lowest BCUT2D eigenvalue weighted by molar-refractivity contribution is 0.0594. The van der Waals surface area contributed by atoms with Gasteiger partial charge in [-0.05, 0) is 13.8 Å². The van der Waals surface area contributed by atoms with E-state index in [4.69, 9.17) is 0 Å². The fourth-order valence-electron chi connectivity index (χ4n) is 1.03. The zero-order chi connectivity index (χ0) is 9.14. The van der Waals surface area contributed by atoms with Gasteiger partial charge >= 0.3 is 5.97 Å². The molecule has 0 saturated carbocycles. The highest BCUT2D eigenvalue weighted by atomic mass is 16.5. The molecular weight excluding hydrogens is 156 g/mol. The summed E-state index contributed by atoms with van der Waals surface area (Å²) in [6.45, 7) is 4.67. The summed E-state index contributed by atoms with van der Waals surface area (Å²) >= 11 is 0. The predicted octanol–water partition coefficient (Wildman–Crippen LogP) is 0.998. The van der Waals surface area contributed by atoms with E-state index in [9.17, 15) is 4.79 Å². The highest BCUT2D eigenvalue weighted by Crippen LogP contribution is 2.02. The number of rotatable bonds is 2. The SMILES string of the molecule is CCn1cc(C(=O)OC)nc1C. The standard InChI is InChI=1S/C8H12N2O2/c1-4-10-5-7(8(11)12-3)9-6(10)2/h5H,4H2,1-3H3. The van der Waals surface area contributed by atoms with Gasteiger partial charge < -0.3 is 9.30 Å². The first-order valence-electron chi connectivity index (χ1n) is 3.81. The van der Waals surface area contributed by atoms with Crippen molar-refractivity contribution >= 4 is 5.97 Å². The van der Waals surface area contributed by atoms with Crippen LogP contribution >= 0.6 is 0 Å². The van der Waals surface area contributed by atoms with Crippen LogP contribution in [0, 0.1) is 6.92 Å². The van der Waals surface area contributed by atoms with Crippen molar-refractivity contribution in [3.63, 3.8) is 0 Å². The number of aryl methyl sites for hydroxylation is 2. The van der Waals surface area contributed by atoms with Crippen LogP contribution in [0.1, 0.15) is 23.2 Å². The normalized spacial score (nSPS) is 9.92. The van der Waals surface area contributed by atoms with Gasteiger partial charge in [-0.2, -0.15) is 0 Å². The Hall–Kier alpha value is -1.32. The summed E-state index contributed by atoms with van der Waals surface area (Å²) in [6, 6.07) is 0. The number of imidazole rings is 1. The van der Waals surface area contributed by atoms with Crippen LogP contribution in [0.2, 0.25) is 0 Å². The second-order valence-corrected chi connectivity index (χ2v) is 2.45. The summed E-state index contributed by atoms with van der Waals surface area (Å²) in [7, 11) is 1.35. The highest BCUT2D eigenvalue weighted by molar-refractivity contribution is 5.86. The minimum absolute atomic E-state index is 0.372. The molecular formula is C8H12N2O2. The zero-order valence-corrected chi connectivity index (χ0v) is 7.50. The maximum atomic E-state index is 11.0. The Morgan fingerprint density at radius 1 is 1.75 bits per heavy atom. The molecule has 1 aromatic rings. The van der Waals surface area contributed by atoms with E-state index in [2.05, 4.69) is 9.72 Å². The number of methoxy groups -OCH3 is 1. The number of nitrogens with zero attached hydrogens (tertiary/aromatic N) is 2. The van der Waals surface area contributed by atoms with Crippen LogP contribution in [0.3, 0.4) is 0 Å². The Morgan fingerprint density at radius 2 is 2.42 bits per heavy atom. The molecule has 0 aromatic carbocycles. The molecule has 0 unspecified atom stereocenters. The third-order valence-corrected chi connectivity index (χ3v) is 1.71. The highest BCUT2D eigenvalue weighted by Gasteiger charge is 2.10. The van der Waals surface area contributed by atoms with Gasteiger partial charge in [-0.15, -0.1) is 0 Å². The summed E-state index contributed by atoms with van der Waals surface area (Å²) in [5, 5.41) is 0. The lowest BCUT2D eigenvalue weighted by Gasteiger charge is -1.95. The van der Waals surface area contributed by atoms with Crippen LogP contribution in [0.25, 0.3) is 0 Å². The quantitative estimate of drug-likeness (QED) is 0.619. The Balaban J connectivity index is 2.96. The van der Waals surface area contributed by atoms with Gasteiger partial charge in [-0.25, -0.2) is 9.78 Å². The molecule has 4 heteroatoms. The first kappa shape index (κ1) is 8.77. The average Bonchev–Trinajstić information content (AvgIpc) is 2.45. The third kappa shape index (κ3) is 1.47. The monoisotopic (exact) mass is 168 g/mol. The molecule has 0 aliphatic heterocycles. The number of carbonyl (C=O) groups excluding carboxylic acids is 1. The molecule has 0 saturated heterocycles. The maximum Gasteiger partial charge on any atom is 0.358 e. The molecule has 0 amide bonds. The van der Waals surface area contributed by atoms with Gasteiger partial charge in [0.05, 0.1) is 7.11 Å². The number of ether oxygens (including phenoxy) is 1. The maximum absolute atomic E-state index is 11.0. The summed E-state index contributed by atoms with van der Waals surface area (Å²) in [6.07, 6.45) is 1.70. The molecule has 0 aliphatic carbocycles. The summed E-state index contributed by atoms with van der Waals surface area (Å²) in [5.74, 6) is 0.447. The number of hydrogen-bond donors (Lipinski definition) is 0. The van der Waals surface area contributed by atoms with Crippen LogP contribution in [-0.2, 0) is 11.3 Å². The second-order valence-electron chi connectivity index (χ2n) is 2.45. The van der Waals surface area contributed by atoms with E-state index in [0.29, 0.717) is 5.69 Å². The van der Waals surface area contributed by atoms with Crippen LogP contribution < -0.4 is 0 Å². The van der Waals surface area contributed by atoms with Gasteiger partial charge in [-0.3, -0.25) is 0 Å². The molecule has 0 radical (unpaired) electrons. The lowest BCUT2D eigenvalue weighted by atomic mass is 10.5. The van der Waals surface area contributed by atoms with Crippen molar-refractivity contribution in [2.45, 2.75) is 20.4 Å². The Labute approximate surface area is 71.2 Å². The summed E-state index contributed by atoms with van der Waals surface area (Å²) in [5.41, 5.74) is 0.372. The van der Waals surface area contributed by atoms with Crippen molar-refractivity contribution in [2.24, 2.45) is 0 Å². The number of aromatic nitrogens is 2. The minimum atomic E-state index is -0.384. The zero-order valence-electron chi connectivity index (χ0n) is 7.50. The van der Waals surface area contributed by atoms with Crippen molar-refractivity contribution in [3.8, 4) is 0 Å². The van der Waals surface area contributed by atoms with E-state index in [1.165, 1.54) is 7.11 Å². The van der Waals surface area contributed by atoms with Crippen molar-refractivity contribution in [1.82, 2.24) is 9.55 Å². The van der Waals surface area contributed by atoms with Crippen molar-refractivity contribution in [1.29, 1.82) is 0 Å². The molecule has 0 fully saturated rings. The van der Waals surface area contributed by atoms with Gasteiger partial charge in [0, 0.05) is 12.7 Å². The Kier molecular flexibility index (Phi) is 2.47. The first-order chi connectivity index (χ1) is 5.69. The second kappa shape index (κ2) is 3.38. The van der Waals surface area contributed by atoms with Crippen molar-refractivity contribution < 1.29 is 9.53 Å². The fourth-order valence-corrected chi connectivity index (χ4v) is 1.03. The van der Waals surface area contributed by atoms with Gasteiger partial charge in [0.15, 0.2) is 5.69 Å². The summed E-state index contributed by atoms with van der Waals surface area (Å²) < 4.78 is 6.43. The smallest absolute Gasteiger partial charge is 0.358 e. The average molecular weight is 168 g/mol.